The summed E-state index contributed by atoms with van der Waals surface area (Å²) in [4.78, 5) is 0. The van der Waals surface area contributed by atoms with E-state index in [2.05, 4.69) is 0 Å². The SMILES string of the molecule is Nc1ccc(Cl)c(CSCc2ccc(Cl)cc2)c1. The fraction of sp³-hybridized carbons (Fsp3) is 0.143. The first-order valence-corrected chi connectivity index (χ1v) is 7.42. The summed E-state index contributed by atoms with van der Waals surface area (Å²) in [6.07, 6.45) is 0. The summed E-state index contributed by atoms with van der Waals surface area (Å²) >= 11 is 13.8. The molecule has 0 bridgehead atoms. The lowest BCUT2D eigenvalue weighted by atomic mass is 10.2. The minimum Gasteiger partial charge on any atom is -0.399 e. The first-order chi connectivity index (χ1) is 8.65. The van der Waals surface area contributed by atoms with Crippen LogP contribution in [-0.4, -0.2) is 0 Å². The van der Waals surface area contributed by atoms with Gasteiger partial charge in [-0.3, -0.25) is 0 Å². The van der Waals surface area contributed by atoms with E-state index >= 15 is 0 Å². The highest BCUT2D eigenvalue weighted by Gasteiger charge is 2.01. The third-order valence-corrected chi connectivity index (χ3v) is 4.18. The van der Waals surface area contributed by atoms with Crippen LogP contribution in [0.25, 0.3) is 0 Å². The van der Waals surface area contributed by atoms with Crippen molar-refractivity contribution in [2.45, 2.75) is 11.5 Å². The Bertz CT molecular complexity index is 526. The average molecular weight is 298 g/mol. The van der Waals surface area contributed by atoms with E-state index in [0.29, 0.717) is 0 Å². The molecule has 0 saturated heterocycles. The summed E-state index contributed by atoms with van der Waals surface area (Å²) in [7, 11) is 0. The molecule has 0 amide bonds. The van der Waals surface area contributed by atoms with Gasteiger partial charge >= 0.3 is 0 Å². The van der Waals surface area contributed by atoms with Crippen LogP contribution in [-0.2, 0) is 11.5 Å². The molecule has 94 valence electrons. The molecule has 4 heteroatoms. The van der Waals surface area contributed by atoms with Crippen LogP contribution in [0.15, 0.2) is 42.5 Å². The maximum Gasteiger partial charge on any atom is 0.0447 e. The van der Waals surface area contributed by atoms with Gasteiger partial charge in [0.15, 0.2) is 0 Å². The lowest BCUT2D eigenvalue weighted by Gasteiger charge is -2.06. The molecule has 2 rings (SSSR count). The van der Waals surface area contributed by atoms with E-state index in [1.165, 1.54) is 5.56 Å². The van der Waals surface area contributed by atoms with E-state index in [0.717, 1.165) is 32.8 Å². The largest absolute Gasteiger partial charge is 0.399 e. The molecular weight excluding hydrogens is 285 g/mol. The quantitative estimate of drug-likeness (QED) is 0.803. The van der Waals surface area contributed by atoms with Gasteiger partial charge < -0.3 is 5.73 Å². The number of hydrogen-bond donors (Lipinski definition) is 1. The molecule has 0 heterocycles. The zero-order chi connectivity index (χ0) is 13.0. The van der Waals surface area contributed by atoms with Crippen molar-refractivity contribution in [3.05, 3.63) is 63.6 Å². The highest BCUT2D eigenvalue weighted by atomic mass is 35.5. The molecule has 1 nitrogen and oxygen atoms in total. The molecule has 18 heavy (non-hydrogen) atoms. The Hall–Kier alpha value is -0.830. The lowest BCUT2D eigenvalue weighted by molar-refractivity contribution is 1.36. The molecule has 0 unspecified atom stereocenters. The standard InChI is InChI=1S/C14H13Cl2NS/c15-12-3-1-10(2-4-12)8-18-9-11-7-13(17)5-6-14(11)16/h1-7H,8-9,17H2. The molecule has 0 radical (unpaired) electrons. The third-order valence-electron chi connectivity index (χ3n) is 2.51. The molecule has 0 atom stereocenters. The second-order valence-electron chi connectivity index (χ2n) is 3.97. The Morgan fingerprint density at radius 3 is 2.39 bits per heavy atom. The summed E-state index contributed by atoms with van der Waals surface area (Å²) < 4.78 is 0. The van der Waals surface area contributed by atoms with E-state index in [4.69, 9.17) is 28.9 Å². The molecule has 0 aromatic heterocycles. The minimum absolute atomic E-state index is 0.751. The highest BCUT2D eigenvalue weighted by molar-refractivity contribution is 7.97. The minimum atomic E-state index is 0.751. The van der Waals surface area contributed by atoms with Gasteiger partial charge in [-0.05, 0) is 41.5 Å². The number of nitrogen functional groups attached to an aromatic ring is 1. The number of thioether (sulfide) groups is 1. The van der Waals surface area contributed by atoms with Crippen LogP contribution in [0.2, 0.25) is 10.0 Å². The Morgan fingerprint density at radius 1 is 0.944 bits per heavy atom. The first-order valence-electron chi connectivity index (χ1n) is 5.51. The van der Waals surface area contributed by atoms with Gasteiger partial charge in [0, 0.05) is 27.2 Å². The average Bonchev–Trinajstić information content (AvgIpc) is 2.36. The van der Waals surface area contributed by atoms with E-state index in [1.54, 1.807) is 11.8 Å². The summed E-state index contributed by atoms with van der Waals surface area (Å²) in [5.41, 5.74) is 8.83. The van der Waals surface area contributed by atoms with Crippen LogP contribution >= 0.6 is 35.0 Å². The van der Waals surface area contributed by atoms with Crippen LogP contribution in [0.1, 0.15) is 11.1 Å². The molecule has 0 aliphatic carbocycles. The number of halogens is 2. The molecule has 0 aliphatic rings. The molecule has 2 N–H and O–H groups in total. The highest BCUT2D eigenvalue weighted by Crippen LogP contribution is 2.25. The Kier molecular flexibility index (Phi) is 4.81. The summed E-state index contributed by atoms with van der Waals surface area (Å²) in [5, 5.41) is 1.54. The topological polar surface area (TPSA) is 26.0 Å². The van der Waals surface area contributed by atoms with Crippen molar-refractivity contribution in [3.8, 4) is 0 Å². The fourth-order valence-corrected chi connectivity index (χ4v) is 2.94. The summed E-state index contributed by atoms with van der Waals surface area (Å²) in [5.74, 6) is 1.79. The molecule has 0 aliphatic heterocycles. The normalized spacial score (nSPS) is 10.6. The molecule has 0 fully saturated rings. The van der Waals surface area contributed by atoms with E-state index in [9.17, 15) is 0 Å². The van der Waals surface area contributed by atoms with Crippen molar-refractivity contribution in [3.63, 3.8) is 0 Å². The van der Waals surface area contributed by atoms with Crippen LogP contribution < -0.4 is 5.73 Å². The lowest BCUT2D eigenvalue weighted by Crippen LogP contribution is -1.89. The van der Waals surface area contributed by atoms with Gasteiger partial charge in [-0.1, -0.05) is 35.3 Å². The van der Waals surface area contributed by atoms with Crippen LogP contribution in [0.3, 0.4) is 0 Å². The zero-order valence-electron chi connectivity index (χ0n) is 9.70. The number of anilines is 1. The maximum atomic E-state index is 6.11. The van der Waals surface area contributed by atoms with Crippen molar-refractivity contribution in [1.29, 1.82) is 0 Å². The van der Waals surface area contributed by atoms with E-state index in [1.807, 2.05) is 42.5 Å². The molecule has 0 spiro atoms. The van der Waals surface area contributed by atoms with Gasteiger partial charge in [-0.2, -0.15) is 11.8 Å². The van der Waals surface area contributed by atoms with Crippen molar-refractivity contribution >= 4 is 40.7 Å². The van der Waals surface area contributed by atoms with Gasteiger partial charge in [-0.15, -0.1) is 0 Å². The maximum absolute atomic E-state index is 6.11. The Morgan fingerprint density at radius 2 is 1.67 bits per heavy atom. The van der Waals surface area contributed by atoms with Gasteiger partial charge in [-0.25, -0.2) is 0 Å². The molecule has 0 saturated carbocycles. The van der Waals surface area contributed by atoms with Crippen molar-refractivity contribution < 1.29 is 0 Å². The molecule has 2 aromatic carbocycles. The van der Waals surface area contributed by atoms with Gasteiger partial charge in [0.1, 0.15) is 0 Å². The molecule has 2 aromatic rings. The summed E-state index contributed by atoms with van der Waals surface area (Å²) in [6, 6.07) is 13.5. The van der Waals surface area contributed by atoms with Crippen LogP contribution in [0.4, 0.5) is 5.69 Å². The Balaban J connectivity index is 1.92. The van der Waals surface area contributed by atoms with Crippen molar-refractivity contribution in [2.75, 3.05) is 5.73 Å². The van der Waals surface area contributed by atoms with Crippen LogP contribution in [0, 0.1) is 0 Å². The summed E-state index contributed by atoms with van der Waals surface area (Å²) in [6.45, 7) is 0. The smallest absolute Gasteiger partial charge is 0.0447 e. The van der Waals surface area contributed by atoms with Crippen molar-refractivity contribution in [1.82, 2.24) is 0 Å². The van der Waals surface area contributed by atoms with Crippen LogP contribution in [0.5, 0.6) is 0 Å². The van der Waals surface area contributed by atoms with Gasteiger partial charge in [0.05, 0.1) is 0 Å². The number of rotatable bonds is 4. The van der Waals surface area contributed by atoms with Crippen molar-refractivity contribution in [2.24, 2.45) is 0 Å². The number of benzene rings is 2. The number of hydrogen-bond acceptors (Lipinski definition) is 2. The van der Waals surface area contributed by atoms with Gasteiger partial charge in [0.2, 0.25) is 0 Å². The number of nitrogens with two attached hydrogens (primary N) is 1. The van der Waals surface area contributed by atoms with E-state index in [-0.39, 0.29) is 0 Å². The predicted octanol–water partition coefficient (Wildman–Crippen LogP) is 5.01. The van der Waals surface area contributed by atoms with E-state index < -0.39 is 0 Å². The second kappa shape index (κ2) is 6.37. The fourth-order valence-electron chi connectivity index (χ4n) is 1.56. The first kappa shape index (κ1) is 13.6. The van der Waals surface area contributed by atoms with Gasteiger partial charge in [0.25, 0.3) is 0 Å². The predicted molar refractivity (Wildman–Crippen MR) is 82.3 cm³/mol. The molecular formula is C14H13Cl2NS. The monoisotopic (exact) mass is 297 g/mol. The third kappa shape index (κ3) is 3.84. The zero-order valence-corrected chi connectivity index (χ0v) is 12.0. The Labute approximate surface area is 121 Å². The second-order valence-corrected chi connectivity index (χ2v) is 5.80.